The van der Waals surface area contributed by atoms with Crippen LogP contribution in [-0.2, 0) is 24.3 Å². The van der Waals surface area contributed by atoms with Gasteiger partial charge in [-0.3, -0.25) is 9.36 Å². The minimum atomic E-state index is -0.166. The number of fused-ring (bicyclic) bond motifs is 1. The van der Waals surface area contributed by atoms with Crippen LogP contribution in [0.5, 0.6) is 0 Å². The van der Waals surface area contributed by atoms with Gasteiger partial charge in [0, 0.05) is 13.0 Å². The Labute approximate surface area is 160 Å². The summed E-state index contributed by atoms with van der Waals surface area (Å²) in [6.45, 7) is 4.97. The number of nitrogens with zero attached hydrogens (tertiary/aromatic N) is 3. The summed E-state index contributed by atoms with van der Waals surface area (Å²) in [6.07, 6.45) is 5.94. The van der Waals surface area contributed by atoms with Gasteiger partial charge in [0.2, 0.25) is 5.91 Å². The molecule has 1 aromatic carbocycles. The molecule has 0 spiro atoms. The molecule has 1 aliphatic rings. The Hall–Kier alpha value is -2.37. The predicted octanol–water partition coefficient (Wildman–Crippen LogP) is 3.06. The number of aryl methyl sites for hydroxylation is 1. The van der Waals surface area contributed by atoms with E-state index in [4.69, 9.17) is 0 Å². The van der Waals surface area contributed by atoms with Gasteiger partial charge in [-0.25, -0.2) is 9.48 Å². The van der Waals surface area contributed by atoms with Gasteiger partial charge in [-0.2, -0.15) is 5.10 Å². The molecule has 3 rings (SSSR count). The molecule has 1 N–H and O–H groups in total. The molecule has 6 nitrogen and oxygen atoms in total. The number of benzene rings is 1. The van der Waals surface area contributed by atoms with Gasteiger partial charge < -0.3 is 5.32 Å². The van der Waals surface area contributed by atoms with Crippen LogP contribution >= 0.6 is 0 Å². The van der Waals surface area contributed by atoms with Crippen molar-refractivity contribution < 1.29 is 4.79 Å². The van der Waals surface area contributed by atoms with E-state index in [0.29, 0.717) is 12.5 Å². The first-order chi connectivity index (χ1) is 13.1. The van der Waals surface area contributed by atoms with Gasteiger partial charge >= 0.3 is 5.69 Å². The van der Waals surface area contributed by atoms with Crippen molar-refractivity contribution in [1.29, 1.82) is 0 Å². The molecule has 1 aromatic heterocycles. The molecule has 1 amide bonds. The number of amides is 1. The summed E-state index contributed by atoms with van der Waals surface area (Å²) in [7, 11) is 0. The van der Waals surface area contributed by atoms with Crippen LogP contribution in [0.1, 0.15) is 63.4 Å². The number of carbonyl (C=O) groups excluding carboxylic acids is 1. The maximum atomic E-state index is 12.7. The van der Waals surface area contributed by atoms with Crippen molar-refractivity contribution >= 4 is 5.91 Å². The van der Waals surface area contributed by atoms with Gasteiger partial charge in [0.15, 0.2) is 0 Å². The van der Waals surface area contributed by atoms with Crippen molar-refractivity contribution in [2.45, 2.75) is 71.5 Å². The predicted molar refractivity (Wildman–Crippen MR) is 105 cm³/mol. The zero-order valence-electron chi connectivity index (χ0n) is 16.4. The van der Waals surface area contributed by atoms with Gasteiger partial charge in [-0.15, -0.1) is 0 Å². The molecule has 0 saturated heterocycles. The Kier molecular flexibility index (Phi) is 6.48. The second kappa shape index (κ2) is 9.02. The van der Waals surface area contributed by atoms with Crippen molar-refractivity contribution in [3.63, 3.8) is 0 Å². The van der Waals surface area contributed by atoms with Crippen molar-refractivity contribution in [2.24, 2.45) is 5.92 Å². The third-order valence-corrected chi connectivity index (χ3v) is 5.57. The third-order valence-electron chi connectivity index (χ3n) is 5.57. The minimum Gasteiger partial charge on any atom is -0.347 e. The van der Waals surface area contributed by atoms with Gasteiger partial charge in [0.05, 0.1) is 6.04 Å². The molecule has 2 aromatic rings. The van der Waals surface area contributed by atoms with E-state index in [2.05, 4.69) is 24.3 Å². The highest BCUT2D eigenvalue weighted by Crippen LogP contribution is 2.27. The SMILES string of the molecule is CCC(CC)C(NC(=O)Cn1nc2n(c1=O)CCCCC2)c1ccccc1. The molecule has 27 heavy (non-hydrogen) atoms. The lowest BCUT2D eigenvalue weighted by Crippen LogP contribution is -2.38. The Morgan fingerprint density at radius 2 is 1.89 bits per heavy atom. The van der Waals surface area contributed by atoms with Crippen molar-refractivity contribution in [3.8, 4) is 0 Å². The molecule has 0 radical (unpaired) electrons. The molecule has 2 heterocycles. The summed E-state index contributed by atoms with van der Waals surface area (Å²) < 4.78 is 3.06. The number of aromatic nitrogens is 3. The van der Waals surface area contributed by atoms with Crippen LogP contribution < -0.4 is 11.0 Å². The highest BCUT2D eigenvalue weighted by molar-refractivity contribution is 5.76. The Bertz CT molecular complexity index is 805. The van der Waals surface area contributed by atoms with E-state index < -0.39 is 0 Å². The van der Waals surface area contributed by atoms with E-state index in [1.165, 1.54) is 4.68 Å². The molecule has 0 aliphatic carbocycles. The van der Waals surface area contributed by atoms with E-state index in [0.717, 1.165) is 49.9 Å². The number of hydrogen-bond acceptors (Lipinski definition) is 3. The first-order valence-corrected chi connectivity index (χ1v) is 10.1. The zero-order chi connectivity index (χ0) is 19.2. The van der Waals surface area contributed by atoms with Crippen molar-refractivity contribution in [3.05, 3.63) is 52.2 Å². The Balaban J connectivity index is 1.76. The summed E-state index contributed by atoms with van der Waals surface area (Å²) in [5, 5.41) is 7.58. The van der Waals surface area contributed by atoms with E-state index in [1.54, 1.807) is 4.57 Å². The van der Waals surface area contributed by atoms with Crippen LogP contribution in [0.3, 0.4) is 0 Å². The molecule has 0 fully saturated rings. The summed E-state index contributed by atoms with van der Waals surface area (Å²) in [5.74, 6) is 1.00. The third kappa shape index (κ3) is 4.49. The molecule has 1 aliphatic heterocycles. The molecule has 6 heteroatoms. The number of carbonyl (C=O) groups is 1. The summed E-state index contributed by atoms with van der Waals surface area (Å²) in [6, 6.07) is 10.0. The highest BCUT2D eigenvalue weighted by atomic mass is 16.2. The van der Waals surface area contributed by atoms with Gasteiger partial charge in [0.1, 0.15) is 12.4 Å². The fraction of sp³-hybridized carbons (Fsp3) is 0.571. The quantitative estimate of drug-likeness (QED) is 0.814. The van der Waals surface area contributed by atoms with Gasteiger partial charge in [0.25, 0.3) is 0 Å². The van der Waals surface area contributed by atoms with E-state index in [1.807, 2.05) is 30.3 Å². The topological polar surface area (TPSA) is 68.9 Å². The number of hydrogen-bond donors (Lipinski definition) is 1. The molecule has 0 saturated carbocycles. The van der Waals surface area contributed by atoms with E-state index in [9.17, 15) is 9.59 Å². The normalized spacial score (nSPS) is 15.2. The lowest BCUT2D eigenvalue weighted by molar-refractivity contribution is -0.123. The number of rotatable bonds is 7. The van der Waals surface area contributed by atoms with E-state index >= 15 is 0 Å². The monoisotopic (exact) mass is 370 g/mol. The molecular formula is C21H30N4O2. The average Bonchev–Trinajstić information content (AvgIpc) is 2.85. The second-order valence-corrected chi connectivity index (χ2v) is 7.35. The Morgan fingerprint density at radius 1 is 1.15 bits per heavy atom. The Morgan fingerprint density at radius 3 is 2.59 bits per heavy atom. The molecule has 0 bridgehead atoms. The van der Waals surface area contributed by atoms with E-state index in [-0.39, 0.29) is 24.2 Å². The van der Waals surface area contributed by atoms with Crippen LogP contribution in [0.15, 0.2) is 35.1 Å². The highest BCUT2D eigenvalue weighted by Gasteiger charge is 2.24. The zero-order valence-corrected chi connectivity index (χ0v) is 16.4. The summed E-state index contributed by atoms with van der Waals surface area (Å²) >= 11 is 0. The van der Waals surface area contributed by atoms with Crippen LogP contribution in [0.4, 0.5) is 0 Å². The maximum Gasteiger partial charge on any atom is 0.346 e. The first kappa shape index (κ1) is 19.4. The average molecular weight is 370 g/mol. The fourth-order valence-electron chi connectivity index (χ4n) is 3.98. The van der Waals surface area contributed by atoms with Crippen molar-refractivity contribution in [1.82, 2.24) is 19.7 Å². The van der Waals surface area contributed by atoms with Crippen LogP contribution in [0.2, 0.25) is 0 Å². The standard InChI is InChI=1S/C21H30N4O2/c1-3-16(4-2)20(17-11-7-5-8-12-17)22-19(26)15-25-21(27)24-14-10-6-9-13-18(24)23-25/h5,7-8,11-12,16,20H,3-4,6,9-10,13-15H2,1-2H3,(H,22,26). The second-order valence-electron chi connectivity index (χ2n) is 7.35. The summed E-state index contributed by atoms with van der Waals surface area (Å²) in [4.78, 5) is 25.3. The number of nitrogens with one attached hydrogen (secondary N) is 1. The lowest BCUT2D eigenvalue weighted by atomic mass is 9.89. The first-order valence-electron chi connectivity index (χ1n) is 10.1. The van der Waals surface area contributed by atoms with Gasteiger partial charge in [-0.1, -0.05) is 63.4 Å². The minimum absolute atomic E-state index is 0.0255. The molecular weight excluding hydrogens is 340 g/mol. The van der Waals surface area contributed by atoms with Crippen LogP contribution in [0, 0.1) is 5.92 Å². The molecule has 1 unspecified atom stereocenters. The summed E-state index contributed by atoms with van der Waals surface area (Å²) in [5.41, 5.74) is 0.938. The van der Waals surface area contributed by atoms with Crippen LogP contribution in [0.25, 0.3) is 0 Å². The maximum absolute atomic E-state index is 12.7. The van der Waals surface area contributed by atoms with Crippen LogP contribution in [-0.4, -0.2) is 20.3 Å². The lowest BCUT2D eigenvalue weighted by Gasteiger charge is -2.27. The molecule has 1 atom stereocenters. The smallest absolute Gasteiger partial charge is 0.346 e. The molecule has 146 valence electrons. The largest absolute Gasteiger partial charge is 0.347 e. The van der Waals surface area contributed by atoms with Gasteiger partial charge in [-0.05, 0) is 24.3 Å². The fourth-order valence-corrected chi connectivity index (χ4v) is 3.98. The van der Waals surface area contributed by atoms with Crippen molar-refractivity contribution in [2.75, 3.05) is 0 Å².